The fourth-order valence-corrected chi connectivity index (χ4v) is 3.43. The number of nitrogens with one attached hydrogen (secondary N) is 2. The van der Waals surface area contributed by atoms with E-state index in [1.165, 1.54) is 11.1 Å². The summed E-state index contributed by atoms with van der Waals surface area (Å²) in [5.41, 5.74) is 3.13. The summed E-state index contributed by atoms with van der Waals surface area (Å²) >= 11 is 3.34. The van der Waals surface area contributed by atoms with E-state index in [4.69, 9.17) is 0 Å². The van der Waals surface area contributed by atoms with E-state index in [0.29, 0.717) is 12.1 Å². The summed E-state index contributed by atoms with van der Waals surface area (Å²) in [5, 5.41) is 5.89. The van der Waals surface area contributed by atoms with Crippen LogP contribution in [0.1, 0.15) is 46.8 Å². The molecule has 0 saturated carbocycles. The highest BCUT2D eigenvalue weighted by molar-refractivity contribution is 9.10. The number of hydrogen-bond donors (Lipinski definition) is 2. The Morgan fingerprint density at radius 1 is 1.08 bits per heavy atom. The average Bonchev–Trinajstić information content (AvgIpc) is 2.62. The molecule has 0 bridgehead atoms. The van der Waals surface area contributed by atoms with Crippen LogP contribution in [0.25, 0.3) is 0 Å². The Hall–Kier alpha value is -2.14. The van der Waals surface area contributed by atoms with E-state index >= 15 is 0 Å². The number of rotatable bonds is 5. The maximum absolute atomic E-state index is 12.2. The second-order valence-electron chi connectivity index (χ2n) is 6.22. The predicted octanol–water partition coefficient (Wildman–Crippen LogP) is 3.76. The summed E-state index contributed by atoms with van der Waals surface area (Å²) in [7, 11) is 0. The molecule has 25 heavy (non-hydrogen) atoms. The third-order valence-electron chi connectivity index (χ3n) is 4.45. The molecule has 0 heterocycles. The van der Waals surface area contributed by atoms with E-state index in [2.05, 4.69) is 38.7 Å². The largest absolute Gasteiger partial charge is 0.352 e. The molecule has 3 rings (SSSR count). The van der Waals surface area contributed by atoms with Gasteiger partial charge in [-0.3, -0.25) is 9.59 Å². The Bertz CT molecular complexity index is 759. The van der Waals surface area contributed by atoms with Gasteiger partial charge in [-0.1, -0.05) is 40.2 Å². The lowest BCUT2D eigenvalue weighted by molar-refractivity contribution is -0.121. The van der Waals surface area contributed by atoms with Crippen molar-refractivity contribution < 1.29 is 9.59 Å². The SMILES string of the molecule is O=C(CCNC(=O)c1ccc(Br)cc1)NC1CCCc2ccccc21. The predicted molar refractivity (Wildman–Crippen MR) is 101 cm³/mol. The number of carbonyl (C=O) groups is 2. The molecule has 5 heteroatoms. The van der Waals surface area contributed by atoms with Gasteiger partial charge in [-0.25, -0.2) is 0 Å². The summed E-state index contributed by atoms with van der Waals surface area (Å²) in [6.45, 7) is 0.328. The van der Waals surface area contributed by atoms with Crippen LogP contribution in [0.15, 0.2) is 53.0 Å². The Morgan fingerprint density at radius 3 is 2.64 bits per heavy atom. The van der Waals surface area contributed by atoms with E-state index in [9.17, 15) is 9.59 Å². The molecule has 130 valence electrons. The zero-order chi connectivity index (χ0) is 17.6. The Morgan fingerprint density at radius 2 is 1.84 bits per heavy atom. The lowest BCUT2D eigenvalue weighted by Gasteiger charge is -2.26. The number of hydrogen-bond acceptors (Lipinski definition) is 2. The van der Waals surface area contributed by atoms with Crippen LogP contribution in [0, 0.1) is 0 Å². The Kier molecular flexibility index (Phi) is 5.87. The minimum Gasteiger partial charge on any atom is -0.352 e. The fraction of sp³-hybridized carbons (Fsp3) is 0.300. The van der Waals surface area contributed by atoms with E-state index in [1.807, 2.05) is 24.3 Å². The number of benzene rings is 2. The van der Waals surface area contributed by atoms with E-state index in [-0.39, 0.29) is 24.3 Å². The molecule has 0 aromatic heterocycles. The molecule has 0 spiro atoms. The van der Waals surface area contributed by atoms with Gasteiger partial charge in [0, 0.05) is 23.0 Å². The molecule has 0 saturated heterocycles. The van der Waals surface area contributed by atoms with Gasteiger partial charge in [0.15, 0.2) is 0 Å². The molecule has 0 fully saturated rings. The molecule has 2 aromatic rings. The van der Waals surface area contributed by atoms with Gasteiger partial charge in [0.2, 0.25) is 5.91 Å². The van der Waals surface area contributed by atoms with Crippen molar-refractivity contribution in [1.29, 1.82) is 0 Å². The van der Waals surface area contributed by atoms with Gasteiger partial charge in [-0.15, -0.1) is 0 Å². The minimum atomic E-state index is -0.164. The summed E-state index contributed by atoms with van der Waals surface area (Å²) in [6, 6.07) is 15.5. The standard InChI is InChI=1S/C20H21BrN2O2/c21-16-10-8-15(9-11-16)20(25)22-13-12-19(24)23-18-7-3-5-14-4-1-2-6-17(14)18/h1-2,4,6,8-11,18H,3,5,7,12-13H2,(H,22,25)(H,23,24). The highest BCUT2D eigenvalue weighted by atomic mass is 79.9. The highest BCUT2D eigenvalue weighted by Crippen LogP contribution is 2.29. The maximum atomic E-state index is 12.2. The summed E-state index contributed by atoms with van der Waals surface area (Å²) in [6.07, 6.45) is 3.41. The first-order valence-electron chi connectivity index (χ1n) is 8.54. The monoisotopic (exact) mass is 400 g/mol. The van der Waals surface area contributed by atoms with Gasteiger partial charge in [-0.05, 0) is 54.7 Å². The van der Waals surface area contributed by atoms with Gasteiger partial charge >= 0.3 is 0 Å². The molecule has 1 unspecified atom stereocenters. The quantitative estimate of drug-likeness (QED) is 0.802. The van der Waals surface area contributed by atoms with Gasteiger partial charge in [0.25, 0.3) is 5.91 Å². The van der Waals surface area contributed by atoms with Crippen molar-refractivity contribution in [2.24, 2.45) is 0 Å². The smallest absolute Gasteiger partial charge is 0.251 e. The maximum Gasteiger partial charge on any atom is 0.251 e. The van der Waals surface area contributed by atoms with Crippen molar-refractivity contribution in [2.75, 3.05) is 6.54 Å². The van der Waals surface area contributed by atoms with Crippen LogP contribution in [0.2, 0.25) is 0 Å². The molecule has 2 aromatic carbocycles. The lowest BCUT2D eigenvalue weighted by Crippen LogP contribution is -2.34. The molecular weight excluding hydrogens is 380 g/mol. The summed E-state index contributed by atoms with van der Waals surface area (Å²) in [4.78, 5) is 24.2. The number of carbonyl (C=O) groups excluding carboxylic acids is 2. The van der Waals surface area contributed by atoms with Crippen molar-refractivity contribution in [1.82, 2.24) is 10.6 Å². The second-order valence-corrected chi connectivity index (χ2v) is 7.14. The third kappa shape index (κ3) is 4.69. The molecule has 0 radical (unpaired) electrons. The normalized spacial score (nSPS) is 16.0. The lowest BCUT2D eigenvalue weighted by atomic mass is 9.88. The number of halogens is 1. The third-order valence-corrected chi connectivity index (χ3v) is 4.98. The molecule has 2 N–H and O–H groups in total. The number of amides is 2. The zero-order valence-corrected chi connectivity index (χ0v) is 15.5. The molecular formula is C20H21BrN2O2. The Labute approximate surface area is 156 Å². The Balaban J connectivity index is 1.47. The average molecular weight is 401 g/mol. The first-order valence-corrected chi connectivity index (χ1v) is 9.34. The van der Waals surface area contributed by atoms with E-state index in [1.54, 1.807) is 12.1 Å². The van der Waals surface area contributed by atoms with Gasteiger partial charge < -0.3 is 10.6 Å². The van der Waals surface area contributed by atoms with E-state index < -0.39 is 0 Å². The van der Waals surface area contributed by atoms with Crippen molar-refractivity contribution in [3.63, 3.8) is 0 Å². The van der Waals surface area contributed by atoms with Gasteiger partial charge in [0.1, 0.15) is 0 Å². The van der Waals surface area contributed by atoms with Crippen LogP contribution in [-0.4, -0.2) is 18.4 Å². The highest BCUT2D eigenvalue weighted by Gasteiger charge is 2.21. The van der Waals surface area contributed by atoms with Gasteiger partial charge in [-0.2, -0.15) is 0 Å². The molecule has 1 atom stereocenters. The molecule has 2 amide bonds. The summed E-state index contributed by atoms with van der Waals surface area (Å²) < 4.78 is 0.927. The topological polar surface area (TPSA) is 58.2 Å². The van der Waals surface area contributed by atoms with Crippen molar-refractivity contribution in [2.45, 2.75) is 31.7 Å². The molecule has 1 aliphatic carbocycles. The minimum absolute atomic E-state index is 0.0298. The van der Waals surface area contributed by atoms with Gasteiger partial charge in [0.05, 0.1) is 6.04 Å². The van der Waals surface area contributed by atoms with Crippen molar-refractivity contribution in [3.8, 4) is 0 Å². The van der Waals surface area contributed by atoms with Crippen LogP contribution in [-0.2, 0) is 11.2 Å². The molecule has 4 nitrogen and oxygen atoms in total. The molecule has 1 aliphatic rings. The van der Waals surface area contributed by atoms with Crippen molar-refractivity contribution >= 4 is 27.7 Å². The van der Waals surface area contributed by atoms with E-state index in [0.717, 1.165) is 23.7 Å². The number of aryl methyl sites for hydroxylation is 1. The van der Waals surface area contributed by atoms with Crippen LogP contribution in [0.5, 0.6) is 0 Å². The van der Waals surface area contributed by atoms with Crippen LogP contribution >= 0.6 is 15.9 Å². The second kappa shape index (κ2) is 8.30. The van der Waals surface area contributed by atoms with Crippen LogP contribution in [0.3, 0.4) is 0 Å². The van der Waals surface area contributed by atoms with Crippen LogP contribution < -0.4 is 10.6 Å². The summed E-state index contributed by atoms with van der Waals surface area (Å²) in [5.74, 6) is -0.193. The first-order chi connectivity index (χ1) is 12.1. The zero-order valence-electron chi connectivity index (χ0n) is 13.9. The van der Waals surface area contributed by atoms with Crippen molar-refractivity contribution in [3.05, 3.63) is 69.7 Å². The molecule has 0 aliphatic heterocycles. The number of fused-ring (bicyclic) bond motifs is 1. The fourth-order valence-electron chi connectivity index (χ4n) is 3.16. The first kappa shape index (κ1) is 17.7. The van der Waals surface area contributed by atoms with Crippen LogP contribution in [0.4, 0.5) is 0 Å².